The number of carboxylic acid groups (broad SMARTS) is 1. The van der Waals surface area contributed by atoms with Crippen molar-refractivity contribution in [2.75, 3.05) is 5.32 Å². The normalized spacial score (nSPS) is 12.3. The molecule has 2 amide bonds. The highest BCUT2D eigenvalue weighted by Gasteiger charge is 2.23. The third kappa shape index (κ3) is 7.11. The number of carboxylic acids is 1. The molecule has 3 aromatic carbocycles. The van der Waals surface area contributed by atoms with E-state index in [9.17, 15) is 19.5 Å². The lowest BCUT2D eigenvalue weighted by Crippen LogP contribution is -2.42. The number of aliphatic carboxylic acids is 1. The minimum absolute atomic E-state index is 0.107. The van der Waals surface area contributed by atoms with Crippen LogP contribution in [-0.2, 0) is 16.0 Å². The predicted octanol–water partition coefficient (Wildman–Crippen LogP) is 6.15. The van der Waals surface area contributed by atoms with Crippen molar-refractivity contribution in [3.8, 4) is 11.1 Å². The molecule has 0 aliphatic heterocycles. The zero-order valence-electron chi connectivity index (χ0n) is 21.2. The molecule has 0 aliphatic carbocycles. The van der Waals surface area contributed by atoms with Crippen LogP contribution in [0.5, 0.6) is 0 Å². The quantitative estimate of drug-likeness (QED) is 0.213. The summed E-state index contributed by atoms with van der Waals surface area (Å²) in [5.41, 5.74) is 3.60. The molecule has 0 saturated heterocycles. The molecule has 2 unspecified atom stereocenters. The smallest absolute Gasteiger partial charge is 0.414 e. The number of hydrogen-bond donors (Lipinski definition) is 3. The maximum atomic E-state index is 12.8. The van der Waals surface area contributed by atoms with Crippen molar-refractivity contribution >= 4 is 39.8 Å². The van der Waals surface area contributed by atoms with Gasteiger partial charge in [-0.2, -0.15) is 0 Å². The highest BCUT2D eigenvalue weighted by molar-refractivity contribution is 9.10. The van der Waals surface area contributed by atoms with Crippen LogP contribution in [0.4, 0.5) is 10.7 Å². The fraction of sp³-hybridized carbons (Fsp3) is 0.172. The molecular formula is C29H26BrN3O6. The van der Waals surface area contributed by atoms with Crippen LogP contribution in [0.3, 0.4) is 0 Å². The molecule has 1 aromatic heterocycles. The topological polar surface area (TPSA) is 131 Å². The summed E-state index contributed by atoms with van der Waals surface area (Å²) < 4.78 is 11.7. The van der Waals surface area contributed by atoms with Gasteiger partial charge in [-0.1, -0.05) is 75.7 Å². The number of anilines is 1. The zero-order chi connectivity index (χ0) is 27.9. The summed E-state index contributed by atoms with van der Waals surface area (Å²) in [6.07, 6.45) is -1.04. The Morgan fingerprint density at radius 3 is 2.31 bits per heavy atom. The third-order valence-electron chi connectivity index (χ3n) is 6.02. The number of benzene rings is 3. The SMILES string of the molecule is Cc1noc(NC(=O)OC(C)c2ccccc2)c1-c1ccc(C(=O)NC(Cc2ccc(Br)cc2)C(=O)O)cc1. The second kappa shape index (κ2) is 12.4. The lowest BCUT2D eigenvalue weighted by Gasteiger charge is -2.15. The molecular weight excluding hydrogens is 566 g/mol. The molecule has 10 heteroatoms. The Kier molecular flexibility index (Phi) is 8.77. The fourth-order valence-electron chi connectivity index (χ4n) is 3.96. The lowest BCUT2D eigenvalue weighted by molar-refractivity contribution is -0.139. The second-order valence-electron chi connectivity index (χ2n) is 8.83. The number of carbonyl (C=O) groups excluding carboxylic acids is 2. The van der Waals surface area contributed by atoms with Crippen LogP contribution < -0.4 is 10.6 Å². The number of nitrogens with one attached hydrogen (secondary N) is 2. The first-order valence-electron chi connectivity index (χ1n) is 12.1. The number of amides is 2. The molecule has 200 valence electrons. The molecule has 0 saturated carbocycles. The van der Waals surface area contributed by atoms with E-state index in [0.29, 0.717) is 16.8 Å². The standard InChI is InChI=1S/C29H26BrN3O6/c1-17-25(27(39-33-17)32-29(37)38-18(2)20-6-4-3-5-7-20)21-10-12-22(13-11-21)26(34)31-24(28(35)36)16-19-8-14-23(30)15-9-19/h3-15,18,24H,16H2,1-2H3,(H,31,34)(H,32,37)(H,35,36). The van der Waals surface area contributed by atoms with Gasteiger partial charge in [-0.25, -0.2) is 9.59 Å². The first-order chi connectivity index (χ1) is 18.7. The summed E-state index contributed by atoms with van der Waals surface area (Å²) in [4.78, 5) is 37.1. The number of carbonyl (C=O) groups is 3. The van der Waals surface area contributed by atoms with E-state index in [1.807, 2.05) is 42.5 Å². The molecule has 0 aliphatic rings. The van der Waals surface area contributed by atoms with E-state index in [2.05, 4.69) is 31.7 Å². The molecule has 0 fully saturated rings. The largest absolute Gasteiger partial charge is 0.480 e. The first-order valence-corrected chi connectivity index (χ1v) is 12.9. The number of aromatic nitrogens is 1. The monoisotopic (exact) mass is 591 g/mol. The average Bonchev–Trinajstić information content (AvgIpc) is 3.29. The maximum absolute atomic E-state index is 12.8. The molecule has 39 heavy (non-hydrogen) atoms. The van der Waals surface area contributed by atoms with Crippen molar-refractivity contribution in [1.82, 2.24) is 10.5 Å². The van der Waals surface area contributed by atoms with E-state index < -0.39 is 30.1 Å². The van der Waals surface area contributed by atoms with Crippen molar-refractivity contribution in [2.45, 2.75) is 32.4 Å². The Morgan fingerprint density at radius 1 is 1.00 bits per heavy atom. The fourth-order valence-corrected chi connectivity index (χ4v) is 4.22. The van der Waals surface area contributed by atoms with E-state index in [-0.39, 0.29) is 17.9 Å². The number of ether oxygens (including phenoxy) is 1. The minimum Gasteiger partial charge on any atom is -0.480 e. The molecule has 4 aromatic rings. The molecule has 9 nitrogen and oxygen atoms in total. The van der Waals surface area contributed by atoms with E-state index in [1.54, 1.807) is 50.2 Å². The van der Waals surface area contributed by atoms with Crippen molar-refractivity contribution in [2.24, 2.45) is 0 Å². The van der Waals surface area contributed by atoms with Gasteiger partial charge in [0.15, 0.2) is 0 Å². The van der Waals surface area contributed by atoms with Gasteiger partial charge in [0.05, 0.1) is 11.3 Å². The highest BCUT2D eigenvalue weighted by atomic mass is 79.9. The summed E-state index contributed by atoms with van der Waals surface area (Å²) in [6, 6.07) is 21.9. The van der Waals surface area contributed by atoms with Crippen LogP contribution >= 0.6 is 15.9 Å². The van der Waals surface area contributed by atoms with Crippen LogP contribution in [0.1, 0.15) is 40.2 Å². The summed E-state index contributed by atoms with van der Waals surface area (Å²) in [5, 5.41) is 18.7. The van der Waals surface area contributed by atoms with Crippen LogP contribution in [0.2, 0.25) is 0 Å². The maximum Gasteiger partial charge on any atom is 0.414 e. The molecule has 0 spiro atoms. The van der Waals surface area contributed by atoms with Gasteiger partial charge >= 0.3 is 12.1 Å². The Bertz CT molecular complexity index is 1450. The summed E-state index contributed by atoms with van der Waals surface area (Å²) in [7, 11) is 0. The van der Waals surface area contributed by atoms with Crippen LogP contribution in [-0.4, -0.2) is 34.3 Å². The van der Waals surface area contributed by atoms with Crippen LogP contribution in [0.15, 0.2) is 87.9 Å². The van der Waals surface area contributed by atoms with Gasteiger partial charge in [0, 0.05) is 16.5 Å². The Balaban J connectivity index is 1.43. The lowest BCUT2D eigenvalue weighted by atomic mass is 10.0. The van der Waals surface area contributed by atoms with Crippen LogP contribution in [0.25, 0.3) is 11.1 Å². The van der Waals surface area contributed by atoms with Crippen molar-refractivity contribution in [3.63, 3.8) is 0 Å². The number of nitrogens with zero attached hydrogens (tertiary/aromatic N) is 1. The molecule has 4 rings (SSSR count). The van der Waals surface area contributed by atoms with Crippen molar-refractivity contribution in [1.29, 1.82) is 0 Å². The van der Waals surface area contributed by atoms with Gasteiger partial charge in [0.2, 0.25) is 5.88 Å². The van der Waals surface area contributed by atoms with Gasteiger partial charge in [0.1, 0.15) is 12.1 Å². The predicted molar refractivity (Wildman–Crippen MR) is 148 cm³/mol. The van der Waals surface area contributed by atoms with Gasteiger partial charge in [0.25, 0.3) is 5.91 Å². The van der Waals surface area contributed by atoms with Crippen molar-refractivity contribution in [3.05, 3.63) is 106 Å². The average molecular weight is 592 g/mol. The number of halogens is 1. The Morgan fingerprint density at radius 2 is 1.67 bits per heavy atom. The molecule has 0 bridgehead atoms. The number of hydrogen-bond acceptors (Lipinski definition) is 6. The van der Waals surface area contributed by atoms with Crippen molar-refractivity contribution < 1.29 is 28.8 Å². The summed E-state index contributed by atoms with van der Waals surface area (Å²) in [5.74, 6) is -1.55. The summed E-state index contributed by atoms with van der Waals surface area (Å²) in [6.45, 7) is 3.49. The molecule has 1 heterocycles. The van der Waals surface area contributed by atoms with Gasteiger partial charge in [-0.3, -0.25) is 10.1 Å². The van der Waals surface area contributed by atoms with Gasteiger partial charge < -0.3 is 19.7 Å². The molecule has 3 N–H and O–H groups in total. The van der Waals surface area contributed by atoms with Crippen LogP contribution in [0, 0.1) is 6.92 Å². The zero-order valence-corrected chi connectivity index (χ0v) is 22.8. The van der Waals surface area contributed by atoms with E-state index in [1.165, 1.54) is 0 Å². The number of aryl methyl sites for hydroxylation is 1. The number of rotatable bonds is 9. The van der Waals surface area contributed by atoms with Gasteiger partial charge in [-0.15, -0.1) is 0 Å². The minimum atomic E-state index is -1.13. The Labute approximate surface area is 233 Å². The molecule has 0 radical (unpaired) electrons. The highest BCUT2D eigenvalue weighted by Crippen LogP contribution is 2.32. The second-order valence-corrected chi connectivity index (χ2v) is 9.74. The van der Waals surface area contributed by atoms with E-state index in [0.717, 1.165) is 15.6 Å². The van der Waals surface area contributed by atoms with E-state index in [4.69, 9.17) is 9.26 Å². The third-order valence-corrected chi connectivity index (χ3v) is 6.55. The summed E-state index contributed by atoms with van der Waals surface area (Å²) >= 11 is 3.35. The van der Waals surface area contributed by atoms with Gasteiger partial charge in [-0.05, 0) is 54.8 Å². The first kappa shape index (κ1) is 27.6. The molecule has 2 atom stereocenters. The Hall–Kier alpha value is -4.44. The van der Waals surface area contributed by atoms with E-state index >= 15 is 0 Å².